The predicted molar refractivity (Wildman–Crippen MR) is 122 cm³/mol. The highest BCUT2D eigenvalue weighted by molar-refractivity contribution is 8.03. The second kappa shape index (κ2) is 8.01. The minimum absolute atomic E-state index is 0.0432. The van der Waals surface area contributed by atoms with E-state index in [9.17, 15) is 9.90 Å². The second-order valence-electron chi connectivity index (χ2n) is 6.78. The minimum atomic E-state index is -0.144. The summed E-state index contributed by atoms with van der Waals surface area (Å²) in [6, 6.07) is 16.2. The monoisotopic (exact) mass is 419 g/mol. The number of hydrogen-bond acceptors (Lipinski definition) is 5. The molecule has 0 saturated heterocycles. The summed E-state index contributed by atoms with van der Waals surface area (Å²) in [7, 11) is 0. The highest BCUT2D eigenvalue weighted by Crippen LogP contribution is 2.47. The lowest BCUT2D eigenvalue weighted by molar-refractivity contribution is -0.113. The maximum Gasteiger partial charge on any atom is 0.200 e. The van der Waals surface area contributed by atoms with Crippen molar-refractivity contribution in [3.63, 3.8) is 0 Å². The Labute approximate surface area is 179 Å². The van der Waals surface area contributed by atoms with E-state index in [1.54, 1.807) is 23.9 Å². The lowest BCUT2D eigenvalue weighted by Crippen LogP contribution is -2.23. The first-order valence-electron chi connectivity index (χ1n) is 9.38. The third kappa shape index (κ3) is 3.68. The largest absolute Gasteiger partial charge is 0.506 e. The molecule has 1 aliphatic carbocycles. The van der Waals surface area contributed by atoms with Crippen LogP contribution in [0.4, 0.5) is 5.69 Å². The van der Waals surface area contributed by atoms with Crippen LogP contribution in [0, 0.1) is 6.92 Å². The van der Waals surface area contributed by atoms with E-state index in [1.165, 1.54) is 11.8 Å². The van der Waals surface area contributed by atoms with Gasteiger partial charge in [0.25, 0.3) is 0 Å². The van der Waals surface area contributed by atoms with Crippen molar-refractivity contribution in [2.45, 2.75) is 23.6 Å². The topological polar surface area (TPSA) is 40.5 Å². The van der Waals surface area contributed by atoms with Crippen molar-refractivity contribution >= 4 is 35.0 Å². The summed E-state index contributed by atoms with van der Waals surface area (Å²) in [5, 5.41) is 11.5. The number of nitrogens with zero attached hydrogens (tertiary/aromatic N) is 1. The first-order valence-corrected chi connectivity index (χ1v) is 11.0. The number of ketones is 1. The fourth-order valence-electron chi connectivity index (χ4n) is 3.32. The standard InChI is InChI=1S/C24H21NO2S2/c1-4-25-19-10-6-8-12-21(19)29-22(25)14-18-23(26)17(24(18)27)13-16(3)28-20-11-7-5-9-15(20)2/h5-14,26H,3-4H2,1-2H3/b17-13+,22-14-. The van der Waals surface area contributed by atoms with Crippen molar-refractivity contribution in [2.75, 3.05) is 11.4 Å². The van der Waals surface area contributed by atoms with Gasteiger partial charge in [-0.2, -0.15) is 0 Å². The number of aliphatic hydroxyl groups is 1. The van der Waals surface area contributed by atoms with Gasteiger partial charge in [0.1, 0.15) is 5.76 Å². The number of Topliss-reactive ketones (excluding diaryl/α,β-unsaturated/α-hetero) is 1. The van der Waals surface area contributed by atoms with Gasteiger partial charge in [0.05, 0.1) is 21.9 Å². The van der Waals surface area contributed by atoms with Crippen LogP contribution in [-0.2, 0) is 4.79 Å². The lowest BCUT2D eigenvalue weighted by atomic mass is 9.87. The van der Waals surface area contributed by atoms with E-state index in [-0.39, 0.29) is 11.5 Å². The number of para-hydroxylation sites is 1. The van der Waals surface area contributed by atoms with Gasteiger partial charge >= 0.3 is 0 Å². The van der Waals surface area contributed by atoms with Gasteiger partial charge < -0.3 is 10.0 Å². The molecule has 0 saturated carbocycles. The number of rotatable bonds is 5. The number of carbonyl (C=O) groups is 1. The quantitative estimate of drug-likeness (QED) is 0.449. The molecule has 0 spiro atoms. The van der Waals surface area contributed by atoms with Crippen LogP contribution in [0.5, 0.6) is 0 Å². The minimum Gasteiger partial charge on any atom is -0.506 e. The Morgan fingerprint density at radius 2 is 1.93 bits per heavy atom. The molecular formula is C24H21NO2S2. The number of aliphatic hydroxyl groups excluding tert-OH is 1. The molecule has 2 aliphatic rings. The number of benzene rings is 2. The van der Waals surface area contributed by atoms with Crippen molar-refractivity contribution in [2.24, 2.45) is 0 Å². The van der Waals surface area contributed by atoms with Crippen molar-refractivity contribution in [3.05, 3.63) is 99.7 Å². The van der Waals surface area contributed by atoms with E-state index in [2.05, 4.69) is 30.5 Å². The summed E-state index contributed by atoms with van der Waals surface area (Å²) in [4.78, 5) is 17.8. The fraction of sp³-hybridized carbons (Fsp3) is 0.125. The Hall–Kier alpha value is -2.63. The maximum atomic E-state index is 12.7. The summed E-state index contributed by atoms with van der Waals surface area (Å²) < 4.78 is 0. The van der Waals surface area contributed by atoms with Gasteiger partial charge in [0.15, 0.2) is 0 Å². The predicted octanol–water partition coefficient (Wildman–Crippen LogP) is 6.40. The number of aryl methyl sites for hydroxylation is 1. The molecule has 0 atom stereocenters. The van der Waals surface area contributed by atoms with Crippen molar-refractivity contribution < 1.29 is 9.90 Å². The van der Waals surface area contributed by atoms with Crippen LogP contribution in [0.2, 0.25) is 0 Å². The Morgan fingerprint density at radius 1 is 1.21 bits per heavy atom. The number of anilines is 1. The summed E-state index contributed by atoms with van der Waals surface area (Å²) in [5.74, 6) is -0.101. The van der Waals surface area contributed by atoms with Gasteiger partial charge in [0.2, 0.25) is 5.78 Å². The Kier molecular flexibility index (Phi) is 5.43. The third-order valence-corrected chi connectivity index (χ3v) is 7.03. The molecule has 2 aromatic carbocycles. The smallest absolute Gasteiger partial charge is 0.200 e. The van der Waals surface area contributed by atoms with Gasteiger partial charge in [-0.05, 0) is 49.8 Å². The van der Waals surface area contributed by atoms with Gasteiger partial charge in [-0.3, -0.25) is 4.79 Å². The third-order valence-electron chi connectivity index (χ3n) is 4.86. The molecule has 2 aromatic rings. The number of fused-ring (bicyclic) bond motifs is 1. The van der Waals surface area contributed by atoms with Gasteiger partial charge in [0, 0.05) is 21.2 Å². The molecule has 146 valence electrons. The molecule has 0 fully saturated rings. The molecule has 1 heterocycles. The fourth-order valence-corrected chi connectivity index (χ4v) is 5.33. The van der Waals surface area contributed by atoms with Crippen LogP contribution in [0.25, 0.3) is 0 Å². The normalized spacial score (nSPS) is 18.4. The molecule has 3 nitrogen and oxygen atoms in total. The van der Waals surface area contributed by atoms with Crippen LogP contribution in [0.1, 0.15) is 12.5 Å². The van der Waals surface area contributed by atoms with Gasteiger partial charge in [-0.1, -0.05) is 60.4 Å². The van der Waals surface area contributed by atoms with E-state index in [4.69, 9.17) is 0 Å². The van der Waals surface area contributed by atoms with E-state index >= 15 is 0 Å². The van der Waals surface area contributed by atoms with Crippen LogP contribution < -0.4 is 4.90 Å². The molecule has 0 bridgehead atoms. The summed E-state index contributed by atoms with van der Waals surface area (Å²) in [5.41, 5.74) is 2.97. The molecular weight excluding hydrogens is 398 g/mol. The molecule has 29 heavy (non-hydrogen) atoms. The summed E-state index contributed by atoms with van der Waals surface area (Å²) >= 11 is 3.11. The molecule has 5 heteroatoms. The van der Waals surface area contributed by atoms with Gasteiger partial charge in [-0.25, -0.2) is 0 Å². The van der Waals surface area contributed by atoms with Crippen molar-refractivity contribution in [3.8, 4) is 0 Å². The maximum absolute atomic E-state index is 12.7. The van der Waals surface area contributed by atoms with E-state index < -0.39 is 0 Å². The van der Waals surface area contributed by atoms with Crippen molar-refractivity contribution in [1.82, 2.24) is 0 Å². The van der Waals surface area contributed by atoms with E-state index in [0.717, 1.165) is 37.5 Å². The van der Waals surface area contributed by atoms with Crippen LogP contribution >= 0.6 is 23.5 Å². The average Bonchev–Trinajstić information content (AvgIpc) is 3.09. The number of allylic oxidation sites excluding steroid dienone is 4. The molecule has 4 rings (SSSR count). The number of carbonyl (C=O) groups excluding carboxylic acids is 1. The summed E-state index contributed by atoms with van der Waals surface area (Å²) in [6.45, 7) is 8.94. The lowest BCUT2D eigenvalue weighted by Gasteiger charge is -2.22. The SMILES string of the molecule is C=C(/C=C1/C(=O)C(/C=C2\Sc3ccccc3N2CC)=C1O)Sc1ccccc1C. The van der Waals surface area contributed by atoms with Crippen LogP contribution in [0.3, 0.4) is 0 Å². The van der Waals surface area contributed by atoms with E-state index in [0.29, 0.717) is 11.1 Å². The molecule has 0 radical (unpaired) electrons. The first kappa shape index (κ1) is 19.7. The zero-order valence-corrected chi connectivity index (χ0v) is 17.9. The van der Waals surface area contributed by atoms with E-state index in [1.807, 2.05) is 43.3 Å². The molecule has 0 amide bonds. The molecule has 1 aliphatic heterocycles. The number of hydrogen-bond donors (Lipinski definition) is 1. The number of thioether (sulfide) groups is 2. The highest BCUT2D eigenvalue weighted by atomic mass is 32.2. The molecule has 1 N–H and O–H groups in total. The Morgan fingerprint density at radius 3 is 2.66 bits per heavy atom. The molecule has 0 unspecified atom stereocenters. The zero-order valence-electron chi connectivity index (χ0n) is 16.3. The summed E-state index contributed by atoms with van der Waals surface area (Å²) in [6.07, 6.45) is 3.46. The Balaban J connectivity index is 1.56. The van der Waals surface area contributed by atoms with Crippen LogP contribution in [-0.4, -0.2) is 17.4 Å². The Bertz CT molecular complexity index is 1110. The first-order chi connectivity index (χ1) is 14.0. The van der Waals surface area contributed by atoms with Gasteiger partial charge in [-0.15, -0.1) is 0 Å². The van der Waals surface area contributed by atoms with Crippen molar-refractivity contribution in [1.29, 1.82) is 0 Å². The second-order valence-corrected chi connectivity index (χ2v) is 9.01. The highest BCUT2D eigenvalue weighted by Gasteiger charge is 2.34. The zero-order chi connectivity index (χ0) is 20.5. The molecule has 0 aromatic heterocycles. The van der Waals surface area contributed by atoms with Crippen LogP contribution in [0.15, 0.2) is 104 Å². The average molecular weight is 420 g/mol.